The van der Waals surface area contributed by atoms with Crippen molar-refractivity contribution in [2.75, 3.05) is 6.61 Å². The van der Waals surface area contributed by atoms with Crippen LogP contribution in [0.25, 0.3) is 5.82 Å². The molecule has 0 aliphatic carbocycles. The van der Waals surface area contributed by atoms with Gasteiger partial charge < -0.3 is 15.2 Å². The Morgan fingerprint density at radius 1 is 1.03 bits per heavy atom. The highest BCUT2D eigenvalue weighted by atomic mass is 35.5. The monoisotopic (exact) mass is 545 g/mol. The first kappa shape index (κ1) is 25.2. The van der Waals surface area contributed by atoms with Crippen LogP contribution < -0.4 is 20.6 Å². The number of hydrogen-bond donors (Lipinski definition) is 2. The summed E-state index contributed by atoms with van der Waals surface area (Å²) in [6, 6.07) is 16.6. The summed E-state index contributed by atoms with van der Waals surface area (Å²) >= 11 is 17.8. The fourth-order valence-electron chi connectivity index (χ4n) is 2.88. The highest BCUT2D eigenvalue weighted by molar-refractivity contribution is 6.35. The summed E-state index contributed by atoms with van der Waals surface area (Å²) in [5, 5.41) is 9.32. The Kier molecular flexibility index (Phi) is 8.21. The van der Waals surface area contributed by atoms with Gasteiger partial charge in [0.05, 0.1) is 10.6 Å². The number of hydrogen-bond acceptors (Lipinski definition) is 7. The molecule has 4 aromatic rings. The normalized spacial score (nSPS) is 11.2. The molecule has 1 amide bonds. The van der Waals surface area contributed by atoms with Crippen LogP contribution >= 0.6 is 34.8 Å². The summed E-state index contributed by atoms with van der Waals surface area (Å²) in [6.07, 6.45) is 1.49. The molecule has 0 saturated heterocycles. The number of hydrazone groups is 1. The number of aromatic nitrogens is 4. The van der Waals surface area contributed by atoms with Crippen LogP contribution in [-0.2, 0) is 6.61 Å². The Bertz CT molecular complexity index is 1410. The Labute approximate surface area is 220 Å². The molecule has 3 N–H and O–H groups in total. The van der Waals surface area contributed by atoms with E-state index in [9.17, 15) is 4.79 Å². The highest BCUT2D eigenvalue weighted by Crippen LogP contribution is 2.27. The van der Waals surface area contributed by atoms with E-state index in [-0.39, 0.29) is 24.6 Å². The van der Waals surface area contributed by atoms with Gasteiger partial charge in [-0.25, -0.2) is 20.1 Å². The fraction of sp³-hybridized carbons (Fsp3) is 0.0870. The van der Waals surface area contributed by atoms with Crippen LogP contribution in [0.15, 0.2) is 72.1 Å². The smallest absolute Gasteiger partial charge is 0.275 e. The first-order valence-electron chi connectivity index (χ1n) is 10.3. The van der Waals surface area contributed by atoms with E-state index in [1.807, 2.05) is 0 Å². The van der Waals surface area contributed by atoms with Crippen molar-refractivity contribution in [3.63, 3.8) is 0 Å². The van der Waals surface area contributed by atoms with Gasteiger partial charge >= 0.3 is 0 Å². The number of nitrogens with one attached hydrogen (secondary N) is 1. The second-order valence-corrected chi connectivity index (χ2v) is 8.35. The van der Waals surface area contributed by atoms with Crippen molar-refractivity contribution in [1.29, 1.82) is 0 Å². The van der Waals surface area contributed by atoms with Crippen LogP contribution in [0.4, 0.5) is 0 Å². The summed E-state index contributed by atoms with van der Waals surface area (Å²) in [7, 11) is 0. The van der Waals surface area contributed by atoms with Gasteiger partial charge in [0.2, 0.25) is 0 Å². The minimum absolute atomic E-state index is 0.0129. The van der Waals surface area contributed by atoms with Gasteiger partial charge in [-0.15, -0.1) is 5.10 Å². The minimum atomic E-state index is -0.528. The molecule has 0 radical (unpaired) electrons. The van der Waals surface area contributed by atoms with Crippen LogP contribution in [-0.4, -0.2) is 38.1 Å². The van der Waals surface area contributed by atoms with Gasteiger partial charge in [-0.05, 0) is 42.5 Å². The quantitative estimate of drug-likeness (QED) is 0.139. The van der Waals surface area contributed by atoms with Crippen LogP contribution in [0, 0.1) is 0 Å². The fourth-order valence-corrected chi connectivity index (χ4v) is 3.50. The van der Waals surface area contributed by atoms with Gasteiger partial charge in [-0.1, -0.05) is 53.0 Å². The van der Waals surface area contributed by atoms with Crippen molar-refractivity contribution in [2.45, 2.75) is 6.61 Å². The van der Waals surface area contributed by atoms with Gasteiger partial charge in [0.25, 0.3) is 5.91 Å². The number of nitrogens with two attached hydrogens (primary N) is 1. The molecule has 2 heterocycles. The maximum Gasteiger partial charge on any atom is 0.275 e. The molecule has 0 aliphatic rings. The average Bonchev–Trinajstić information content (AvgIpc) is 3.35. The molecular formula is C23H18Cl3N7O3. The molecule has 10 nitrogen and oxygen atoms in total. The zero-order chi connectivity index (χ0) is 25.5. The van der Waals surface area contributed by atoms with E-state index in [0.29, 0.717) is 38.3 Å². The number of pyridine rings is 1. The number of nitrogens with zero attached hydrogens (tertiary/aromatic N) is 5. The predicted octanol–water partition coefficient (Wildman–Crippen LogP) is 4.28. The van der Waals surface area contributed by atoms with Crippen LogP contribution in [0.3, 0.4) is 0 Å². The third-order valence-corrected chi connectivity index (χ3v) is 5.27. The zero-order valence-corrected chi connectivity index (χ0v) is 20.7. The van der Waals surface area contributed by atoms with Crippen molar-refractivity contribution in [1.82, 2.24) is 25.2 Å². The number of ether oxygens (including phenoxy) is 2. The van der Waals surface area contributed by atoms with E-state index in [4.69, 9.17) is 50.0 Å². The van der Waals surface area contributed by atoms with Crippen LogP contribution in [0.2, 0.25) is 15.2 Å². The lowest BCUT2D eigenvalue weighted by Crippen LogP contribution is -2.27. The van der Waals surface area contributed by atoms with Crippen molar-refractivity contribution < 1.29 is 14.3 Å². The van der Waals surface area contributed by atoms with Crippen LogP contribution in [0.5, 0.6) is 11.5 Å². The van der Waals surface area contributed by atoms with Gasteiger partial charge in [-0.3, -0.25) is 4.79 Å². The molecule has 184 valence electrons. The standard InChI is InChI=1S/C23H18Cl3N7O3/c24-14-8-9-18(16(25)10-14)35-11-20(27)30-31-23(34)15-4-1-2-5-17(15)36-12-21-28-13-33(32-21)22-7-3-6-19(26)29-22/h1-10,13H,11-12H2,(H2,27,30)(H,31,34). The number of amidine groups is 1. The number of benzene rings is 2. The second kappa shape index (κ2) is 11.7. The van der Waals surface area contributed by atoms with Crippen molar-refractivity contribution in [3.8, 4) is 17.3 Å². The highest BCUT2D eigenvalue weighted by Gasteiger charge is 2.13. The lowest BCUT2D eigenvalue weighted by atomic mass is 10.2. The van der Waals surface area contributed by atoms with Gasteiger partial charge in [0, 0.05) is 5.02 Å². The predicted molar refractivity (Wildman–Crippen MR) is 136 cm³/mol. The van der Waals surface area contributed by atoms with E-state index >= 15 is 0 Å². The Balaban J connectivity index is 1.35. The van der Waals surface area contributed by atoms with Crippen molar-refractivity contribution in [2.24, 2.45) is 10.8 Å². The lowest BCUT2D eigenvalue weighted by molar-refractivity contribution is 0.0950. The molecular weight excluding hydrogens is 529 g/mol. The Morgan fingerprint density at radius 3 is 2.67 bits per heavy atom. The molecule has 0 bridgehead atoms. The average molecular weight is 547 g/mol. The lowest BCUT2D eigenvalue weighted by Gasteiger charge is -2.10. The maximum atomic E-state index is 12.7. The SMILES string of the molecule is N/C(COc1ccc(Cl)cc1Cl)=N\NC(=O)c1ccccc1OCc1ncn(-c2cccc(Cl)n2)n1. The number of carbonyl (C=O) groups excluding carboxylic acids is 1. The molecule has 0 unspecified atom stereocenters. The summed E-state index contributed by atoms with van der Waals surface area (Å²) < 4.78 is 12.7. The van der Waals surface area contributed by atoms with Gasteiger partial charge in [-0.2, -0.15) is 5.10 Å². The number of halogens is 3. The molecule has 36 heavy (non-hydrogen) atoms. The van der Waals surface area contributed by atoms with Gasteiger partial charge in [0.15, 0.2) is 17.5 Å². The Morgan fingerprint density at radius 2 is 1.86 bits per heavy atom. The molecule has 0 fully saturated rings. The third-order valence-electron chi connectivity index (χ3n) is 4.53. The number of carbonyl (C=O) groups is 1. The molecule has 13 heteroatoms. The number of amides is 1. The number of rotatable bonds is 9. The first-order valence-corrected chi connectivity index (χ1v) is 11.5. The Hall–Kier alpha value is -3.86. The van der Waals surface area contributed by atoms with Gasteiger partial charge in [0.1, 0.15) is 36.2 Å². The molecule has 2 aromatic heterocycles. The second-order valence-electron chi connectivity index (χ2n) is 7.12. The van der Waals surface area contributed by atoms with Crippen molar-refractivity contribution >= 4 is 46.5 Å². The van der Waals surface area contributed by atoms with E-state index in [1.54, 1.807) is 60.7 Å². The van der Waals surface area contributed by atoms with Crippen LogP contribution in [0.1, 0.15) is 16.2 Å². The summed E-state index contributed by atoms with van der Waals surface area (Å²) in [6.45, 7) is -0.0887. The maximum absolute atomic E-state index is 12.7. The van der Waals surface area contributed by atoms with Crippen molar-refractivity contribution in [3.05, 3.63) is 93.6 Å². The molecule has 0 aliphatic heterocycles. The third kappa shape index (κ3) is 6.63. The summed E-state index contributed by atoms with van der Waals surface area (Å²) in [5.41, 5.74) is 8.46. The molecule has 2 aromatic carbocycles. The minimum Gasteiger partial charge on any atom is -0.485 e. The molecule has 4 rings (SSSR count). The van der Waals surface area contributed by atoms with E-state index in [0.717, 1.165) is 0 Å². The molecule has 0 saturated carbocycles. The molecule has 0 spiro atoms. The van der Waals surface area contributed by atoms with E-state index in [1.165, 1.54) is 11.0 Å². The first-order chi connectivity index (χ1) is 17.4. The van der Waals surface area contributed by atoms with E-state index < -0.39 is 5.91 Å². The largest absolute Gasteiger partial charge is 0.485 e. The molecule has 0 atom stereocenters. The zero-order valence-electron chi connectivity index (χ0n) is 18.4. The summed E-state index contributed by atoms with van der Waals surface area (Å²) in [5.74, 6) is 1.08. The summed E-state index contributed by atoms with van der Waals surface area (Å²) in [4.78, 5) is 21.1. The topological polar surface area (TPSA) is 130 Å². The van der Waals surface area contributed by atoms with E-state index in [2.05, 4.69) is 25.6 Å². The number of para-hydroxylation sites is 1.